The molecule has 0 aromatic carbocycles. The molecule has 0 spiro atoms. The van der Waals surface area contributed by atoms with E-state index in [0.29, 0.717) is 16.8 Å². The maximum absolute atomic E-state index is 12.4. The second-order valence-electron chi connectivity index (χ2n) is 6.06. The summed E-state index contributed by atoms with van der Waals surface area (Å²) < 4.78 is 30.1. The fourth-order valence-electron chi connectivity index (χ4n) is 2.68. The van der Waals surface area contributed by atoms with Crippen LogP contribution in [0.3, 0.4) is 0 Å². The number of hydrogen-bond acceptors (Lipinski definition) is 6. The molecule has 0 bridgehead atoms. The number of nitrogen functional groups attached to an aromatic ring is 1. The normalized spacial score (nSPS) is 17.9. The van der Waals surface area contributed by atoms with Gasteiger partial charge in [-0.3, -0.25) is 0 Å². The number of rotatable bonds is 4. The van der Waals surface area contributed by atoms with E-state index in [0.717, 1.165) is 25.9 Å². The van der Waals surface area contributed by atoms with E-state index in [1.807, 2.05) is 0 Å². The standard InChI is InChI=1S/C13H24N4O2S2/c1-9(2)10-5-7-17(8-6-10)13-11(12(14)15-20-13)21(18,19)16(3)4/h9-10H,5-8H2,1-4H3,(H2,14,15). The average molecular weight is 332 g/mol. The summed E-state index contributed by atoms with van der Waals surface area (Å²) in [5.74, 6) is 1.48. The Hall–Kier alpha value is -0.860. The fraction of sp³-hybridized carbons (Fsp3) is 0.769. The zero-order chi connectivity index (χ0) is 15.8. The average Bonchev–Trinajstić information content (AvgIpc) is 2.81. The van der Waals surface area contributed by atoms with Gasteiger partial charge in [-0.05, 0) is 36.2 Å². The molecule has 21 heavy (non-hydrogen) atoms. The molecule has 6 nitrogen and oxygen atoms in total. The molecule has 2 N–H and O–H groups in total. The summed E-state index contributed by atoms with van der Waals surface area (Å²) in [6.07, 6.45) is 2.16. The third-order valence-corrected chi connectivity index (χ3v) is 7.10. The van der Waals surface area contributed by atoms with Crippen molar-refractivity contribution >= 4 is 32.4 Å². The highest BCUT2D eigenvalue weighted by Gasteiger charge is 2.32. The number of hydrogen-bond donors (Lipinski definition) is 1. The van der Waals surface area contributed by atoms with Crippen molar-refractivity contribution in [2.45, 2.75) is 31.6 Å². The molecule has 1 aliphatic rings. The predicted molar refractivity (Wildman–Crippen MR) is 87.2 cm³/mol. The van der Waals surface area contributed by atoms with Crippen LogP contribution in [-0.4, -0.2) is 44.3 Å². The third-order valence-electron chi connectivity index (χ3n) is 4.17. The number of anilines is 2. The summed E-state index contributed by atoms with van der Waals surface area (Å²) in [4.78, 5) is 2.28. The molecule has 0 saturated carbocycles. The van der Waals surface area contributed by atoms with Gasteiger partial charge < -0.3 is 10.6 Å². The van der Waals surface area contributed by atoms with E-state index >= 15 is 0 Å². The Balaban J connectivity index is 2.27. The van der Waals surface area contributed by atoms with Crippen molar-refractivity contribution in [3.8, 4) is 0 Å². The third kappa shape index (κ3) is 3.17. The molecular formula is C13H24N4O2S2. The van der Waals surface area contributed by atoms with Crippen molar-refractivity contribution in [2.75, 3.05) is 37.8 Å². The van der Waals surface area contributed by atoms with E-state index in [1.165, 1.54) is 29.9 Å². The van der Waals surface area contributed by atoms with Gasteiger partial charge in [-0.25, -0.2) is 12.7 Å². The minimum atomic E-state index is -3.56. The highest BCUT2D eigenvalue weighted by Crippen LogP contribution is 2.38. The predicted octanol–water partition coefficient (Wildman–Crippen LogP) is 1.85. The van der Waals surface area contributed by atoms with Gasteiger partial charge in [-0.2, -0.15) is 4.37 Å². The van der Waals surface area contributed by atoms with Crippen molar-refractivity contribution in [1.29, 1.82) is 0 Å². The minimum absolute atomic E-state index is 0.106. The first kappa shape index (κ1) is 16.5. The summed E-state index contributed by atoms with van der Waals surface area (Å²) in [7, 11) is -0.529. The van der Waals surface area contributed by atoms with Gasteiger partial charge in [-0.1, -0.05) is 13.8 Å². The van der Waals surface area contributed by atoms with E-state index in [-0.39, 0.29) is 10.7 Å². The van der Waals surface area contributed by atoms with Crippen LogP contribution in [-0.2, 0) is 10.0 Å². The lowest BCUT2D eigenvalue weighted by Gasteiger charge is -2.34. The molecule has 0 amide bonds. The Morgan fingerprint density at radius 1 is 1.33 bits per heavy atom. The van der Waals surface area contributed by atoms with E-state index in [9.17, 15) is 8.42 Å². The SMILES string of the molecule is CC(C)C1CCN(c2snc(N)c2S(=O)(=O)N(C)C)CC1. The first-order chi connectivity index (χ1) is 9.75. The molecule has 8 heteroatoms. The molecule has 2 heterocycles. The first-order valence-electron chi connectivity index (χ1n) is 7.17. The number of piperidine rings is 1. The maximum atomic E-state index is 12.4. The molecule has 0 unspecified atom stereocenters. The van der Waals surface area contributed by atoms with Crippen LogP contribution < -0.4 is 10.6 Å². The van der Waals surface area contributed by atoms with Gasteiger partial charge in [0.15, 0.2) is 10.7 Å². The minimum Gasteiger partial charge on any atom is -0.382 e. The zero-order valence-corrected chi connectivity index (χ0v) is 14.7. The molecule has 1 aliphatic heterocycles. The summed E-state index contributed by atoms with van der Waals surface area (Å²) in [6, 6.07) is 0. The van der Waals surface area contributed by atoms with Gasteiger partial charge in [0.2, 0.25) is 10.0 Å². The lowest BCUT2D eigenvalue weighted by Crippen LogP contribution is -2.36. The number of aromatic nitrogens is 1. The van der Waals surface area contributed by atoms with Crippen molar-refractivity contribution in [1.82, 2.24) is 8.68 Å². The lowest BCUT2D eigenvalue weighted by atomic mass is 9.87. The highest BCUT2D eigenvalue weighted by molar-refractivity contribution is 7.89. The second-order valence-corrected chi connectivity index (χ2v) is 8.90. The quantitative estimate of drug-likeness (QED) is 0.910. The van der Waals surface area contributed by atoms with Crippen molar-refractivity contribution in [3.63, 3.8) is 0 Å². The van der Waals surface area contributed by atoms with Crippen molar-refractivity contribution in [2.24, 2.45) is 11.8 Å². The highest BCUT2D eigenvalue weighted by atomic mass is 32.2. The lowest BCUT2D eigenvalue weighted by molar-refractivity contribution is 0.311. The van der Waals surface area contributed by atoms with Crippen LogP contribution in [0.15, 0.2) is 4.90 Å². The van der Waals surface area contributed by atoms with Gasteiger partial charge in [0, 0.05) is 27.2 Å². The smallest absolute Gasteiger partial charge is 0.249 e. The van der Waals surface area contributed by atoms with Gasteiger partial charge >= 0.3 is 0 Å². The molecule has 1 saturated heterocycles. The molecule has 0 aliphatic carbocycles. The monoisotopic (exact) mass is 332 g/mol. The van der Waals surface area contributed by atoms with E-state index in [1.54, 1.807) is 0 Å². The molecule has 1 aromatic heterocycles. The van der Waals surface area contributed by atoms with Crippen LogP contribution in [0.25, 0.3) is 0 Å². The molecule has 1 fully saturated rings. The number of nitrogens with two attached hydrogens (primary N) is 1. The summed E-state index contributed by atoms with van der Waals surface area (Å²) >= 11 is 1.18. The largest absolute Gasteiger partial charge is 0.382 e. The van der Waals surface area contributed by atoms with Crippen LogP contribution >= 0.6 is 11.5 Å². The van der Waals surface area contributed by atoms with Gasteiger partial charge in [-0.15, -0.1) is 0 Å². The number of nitrogens with zero attached hydrogens (tertiary/aromatic N) is 3. The van der Waals surface area contributed by atoms with E-state index in [4.69, 9.17) is 5.73 Å². The fourth-order valence-corrected chi connectivity index (χ4v) is 4.95. The van der Waals surface area contributed by atoms with Gasteiger partial charge in [0.25, 0.3) is 0 Å². The van der Waals surface area contributed by atoms with Gasteiger partial charge in [0.1, 0.15) is 5.00 Å². The summed E-state index contributed by atoms with van der Waals surface area (Å²) in [6.45, 7) is 6.21. The summed E-state index contributed by atoms with van der Waals surface area (Å²) in [5, 5.41) is 0.684. The second kappa shape index (κ2) is 6.10. The van der Waals surface area contributed by atoms with Crippen LogP contribution in [0.2, 0.25) is 0 Å². The Labute approximate surface area is 131 Å². The van der Waals surface area contributed by atoms with Crippen molar-refractivity contribution < 1.29 is 8.42 Å². The van der Waals surface area contributed by atoms with Gasteiger partial charge in [0.05, 0.1) is 0 Å². The van der Waals surface area contributed by atoms with E-state index < -0.39 is 10.0 Å². The molecule has 0 atom stereocenters. The van der Waals surface area contributed by atoms with Crippen LogP contribution in [0.5, 0.6) is 0 Å². The number of sulfonamides is 1. The Morgan fingerprint density at radius 3 is 2.38 bits per heavy atom. The van der Waals surface area contributed by atoms with Crippen LogP contribution in [0, 0.1) is 11.8 Å². The Bertz CT molecular complexity index is 587. The zero-order valence-electron chi connectivity index (χ0n) is 13.0. The molecule has 120 valence electrons. The summed E-state index contributed by atoms with van der Waals surface area (Å²) in [5.41, 5.74) is 5.81. The first-order valence-corrected chi connectivity index (χ1v) is 9.39. The van der Waals surface area contributed by atoms with Crippen LogP contribution in [0.1, 0.15) is 26.7 Å². The van der Waals surface area contributed by atoms with E-state index in [2.05, 4.69) is 23.1 Å². The molecule has 2 rings (SSSR count). The molecule has 1 aromatic rings. The maximum Gasteiger partial charge on any atom is 0.249 e. The Kier molecular flexibility index (Phi) is 4.79. The topological polar surface area (TPSA) is 79.5 Å². The van der Waals surface area contributed by atoms with Crippen LogP contribution in [0.4, 0.5) is 10.8 Å². The molecular weight excluding hydrogens is 308 g/mol. The molecule has 0 radical (unpaired) electrons. The Morgan fingerprint density at radius 2 is 1.90 bits per heavy atom. The van der Waals surface area contributed by atoms with Crippen molar-refractivity contribution in [3.05, 3.63) is 0 Å².